The summed E-state index contributed by atoms with van der Waals surface area (Å²) in [5.74, 6) is -3.51. The number of benzene rings is 2. The molecule has 2 atom stereocenters. The quantitative estimate of drug-likeness (QED) is 0.163. The van der Waals surface area contributed by atoms with Crippen LogP contribution in [0.3, 0.4) is 0 Å². The number of aromatic nitrogens is 2. The maximum Gasteiger partial charge on any atom is 0.253 e. The Morgan fingerprint density at radius 1 is 1.00 bits per heavy atom. The monoisotopic (exact) mass is 707 g/mol. The highest BCUT2D eigenvalue weighted by atomic mass is 19.1. The van der Waals surface area contributed by atoms with Crippen LogP contribution < -0.4 is 16.4 Å². The largest absolute Gasteiger partial charge is 0.387 e. The average Bonchev–Trinajstić information content (AvgIpc) is 3.64. The molecule has 1 aromatic heterocycles. The van der Waals surface area contributed by atoms with Crippen molar-refractivity contribution in [2.75, 3.05) is 32.8 Å². The third kappa shape index (κ3) is 10.1. The van der Waals surface area contributed by atoms with Gasteiger partial charge < -0.3 is 30.9 Å². The van der Waals surface area contributed by atoms with Gasteiger partial charge in [0.2, 0.25) is 17.7 Å². The van der Waals surface area contributed by atoms with Crippen molar-refractivity contribution < 1.29 is 37.9 Å². The Morgan fingerprint density at radius 3 is 2.33 bits per heavy atom. The van der Waals surface area contributed by atoms with E-state index in [1.165, 1.54) is 4.90 Å². The molecule has 0 radical (unpaired) electrons. The summed E-state index contributed by atoms with van der Waals surface area (Å²) in [6.45, 7) is 5.01. The Bertz CT molecular complexity index is 1750. The van der Waals surface area contributed by atoms with Crippen molar-refractivity contribution in [3.8, 4) is 11.3 Å². The summed E-state index contributed by atoms with van der Waals surface area (Å²) in [5, 5.41) is 15.2. The van der Waals surface area contributed by atoms with Crippen molar-refractivity contribution in [3.05, 3.63) is 89.9 Å². The molecular formula is C36H43F2N7O6. The van der Waals surface area contributed by atoms with Gasteiger partial charge in [-0.3, -0.25) is 28.9 Å². The van der Waals surface area contributed by atoms with Crippen LogP contribution in [0.15, 0.2) is 66.9 Å². The van der Waals surface area contributed by atoms with Crippen LogP contribution in [0.25, 0.3) is 11.3 Å². The van der Waals surface area contributed by atoms with Crippen LogP contribution in [0.4, 0.5) is 8.78 Å². The molecule has 0 unspecified atom stereocenters. The van der Waals surface area contributed by atoms with Gasteiger partial charge in [0.1, 0.15) is 24.1 Å². The molecule has 5 N–H and O–H groups in total. The number of imide groups is 1. The lowest BCUT2D eigenvalue weighted by atomic mass is 9.84. The van der Waals surface area contributed by atoms with Crippen molar-refractivity contribution in [2.45, 2.75) is 52.2 Å². The Balaban J connectivity index is 1.47. The number of carbonyl (C=O) groups excluding carboxylic acids is 5. The number of aliphatic hydroxyl groups is 1. The zero-order valence-electron chi connectivity index (χ0n) is 28.8. The van der Waals surface area contributed by atoms with E-state index in [-0.39, 0.29) is 56.8 Å². The van der Waals surface area contributed by atoms with E-state index in [9.17, 15) is 37.9 Å². The summed E-state index contributed by atoms with van der Waals surface area (Å²) in [5.41, 5.74) is 6.47. The molecule has 0 spiro atoms. The third-order valence-electron chi connectivity index (χ3n) is 8.27. The second-order valence-corrected chi connectivity index (χ2v) is 13.2. The van der Waals surface area contributed by atoms with E-state index in [0.717, 1.165) is 40.8 Å². The van der Waals surface area contributed by atoms with Crippen LogP contribution >= 0.6 is 0 Å². The van der Waals surface area contributed by atoms with Gasteiger partial charge in [0.15, 0.2) is 0 Å². The molecule has 5 amide bonds. The first kappa shape index (κ1) is 38.5. The number of rotatable bonds is 16. The first-order valence-corrected chi connectivity index (χ1v) is 16.5. The maximum atomic E-state index is 14.9. The second-order valence-electron chi connectivity index (χ2n) is 13.2. The molecule has 3 aromatic rings. The van der Waals surface area contributed by atoms with Crippen LogP contribution in [0.2, 0.25) is 0 Å². The number of hydrogen-bond acceptors (Lipinski definition) is 8. The summed E-state index contributed by atoms with van der Waals surface area (Å²) in [4.78, 5) is 68.8. The first-order chi connectivity index (χ1) is 24.2. The third-order valence-corrected chi connectivity index (χ3v) is 8.27. The van der Waals surface area contributed by atoms with Gasteiger partial charge in [-0.05, 0) is 35.6 Å². The van der Waals surface area contributed by atoms with Crippen molar-refractivity contribution in [1.29, 1.82) is 0 Å². The zero-order chi connectivity index (χ0) is 37.3. The standard InChI is InChI=1S/C36H43F2N7O6/c1-36(2,3)33(34-42-28(25-19-24(37)9-10-26(25)38)21-43(34)20-23-7-5-4-6-8-23)45(32(50)22-46)17-14-27(39)35(51)41-15-13-29(47)40-16-18-44-30(48)11-12-31(44)49/h4-12,19,21,27,33,46H,13-18,20,22,39H2,1-3H3,(H,40,47)(H,41,51)/t27-,33-/m0/s1. The van der Waals surface area contributed by atoms with Crippen molar-refractivity contribution >= 4 is 29.5 Å². The first-order valence-electron chi connectivity index (χ1n) is 16.5. The van der Waals surface area contributed by atoms with E-state index in [4.69, 9.17) is 10.7 Å². The van der Waals surface area contributed by atoms with Crippen LogP contribution in [-0.4, -0.2) is 92.8 Å². The minimum atomic E-state index is -1.09. The average molecular weight is 708 g/mol. The molecule has 0 bridgehead atoms. The number of hydrogen-bond donors (Lipinski definition) is 4. The lowest BCUT2D eigenvalue weighted by Crippen LogP contribution is -2.48. The van der Waals surface area contributed by atoms with E-state index in [1.54, 1.807) is 10.8 Å². The molecule has 2 aromatic carbocycles. The van der Waals surface area contributed by atoms with E-state index in [2.05, 4.69) is 10.6 Å². The number of carbonyl (C=O) groups is 5. The number of aliphatic hydroxyl groups excluding tert-OH is 1. The molecule has 272 valence electrons. The topological polar surface area (TPSA) is 180 Å². The summed E-state index contributed by atoms with van der Waals surface area (Å²) < 4.78 is 30.9. The number of nitrogens with two attached hydrogens (primary N) is 1. The van der Waals surface area contributed by atoms with E-state index in [0.29, 0.717) is 5.82 Å². The molecule has 4 rings (SSSR count). The SMILES string of the molecule is CC(C)(C)[C@H](c1nc(-c2cc(F)ccc2F)cn1Cc1ccccc1)N(CC[C@H](N)C(=O)NCCC(=O)NCCN1C(=O)C=CC1=O)C(=O)CO. The van der Waals surface area contributed by atoms with Crippen LogP contribution in [0.5, 0.6) is 0 Å². The fraction of sp³-hybridized carbons (Fsp3) is 0.389. The Morgan fingerprint density at radius 2 is 1.69 bits per heavy atom. The van der Waals surface area contributed by atoms with Gasteiger partial charge in [0, 0.05) is 63.1 Å². The molecular weight excluding hydrogens is 664 g/mol. The summed E-state index contributed by atoms with van der Waals surface area (Å²) in [7, 11) is 0. The Hall–Kier alpha value is -5.28. The van der Waals surface area contributed by atoms with Crippen LogP contribution in [0.1, 0.15) is 51.0 Å². The molecule has 0 saturated heterocycles. The summed E-state index contributed by atoms with van der Waals surface area (Å²) in [6, 6.07) is 10.5. The molecule has 1 aliphatic heterocycles. The molecule has 0 fully saturated rings. The van der Waals surface area contributed by atoms with Crippen LogP contribution in [0, 0.1) is 17.0 Å². The Kier molecular flexibility index (Phi) is 12.9. The number of imidazole rings is 1. The summed E-state index contributed by atoms with van der Waals surface area (Å²) >= 11 is 0. The van der Waals surface area contributed by atoms with Gasteiger partial charge in [0.25, 0.3) is 11.8 Å². The molecule has 1 aliphatic rings. The van der Waals surface area contributed by atoms with Gasteiger partial charge in [-0.2, -0.15) is 0 Å². The molecule has 0 aliphatic carbocycles. The predicted octanol–water partition coefficient (Wildman–Crippen LogP) is 2.05. The maximum absolute atomic E-state index is 14.9. The highest BCUT2D eigenvalue weighted by molar-refractivity contribution is 6.12. The molecule has 15 heteroatoms. The van der Waals surface area contributed by atoms with Crippen molar-refractivity contribution in [2.24, 2.45) is 11.1 Å². The minimum absolute atomic E-state index is 0.0156. The minimum Gasteiger partial charge on any atom is -0.387 e. The highest BCUT2D eigenvalue weighted by Crippen LogP contribution is 2.39. The molecule has 0 saturated carbocycles. The number of nitrogens with one attached hydrogen (secondary N) is 2. The lowest BCUT2D eigenvalue weighted by Gasteiger charge is -2.40. The predicted molar refractivity (Wildman–Crippen MR) is 183 cm³/mol. The van der Waals surface area contributed by atoms with Gasteiger partial charge in [-0.15, -0.1) is 0 Å². The van der Waals surface area contributed by atoms with E-state index >= 15 is 0 Å². The molecule has 13 nitrogen and oxygen atoms in total. The van der Waals surface area contributed by atoms with Gasteiger partial charge in [-0.25, -0.2) is 13.8 Å². The number of halogens is 2. The van der Waals surface area contributed by atoms with Crippen LogP contribution in [-0.2, 0) is 30.5 Å². The fourth-order valence-electron chi connectivity index (χ4n) is 5.75. The smallest absolute Gasteiger partial charge is 0.253 e. The lowest BCUT2D eigenvalue weighted by molar-refractivity contribution is -0.140. The van der Waals surface area contributed by atoms with E-state index < -0.39 is 65.3 Å². The second kappa shape index (κ2) is 17.1. The summed E-state index contributed by atoms with van der Waals surface area (Å²) in [6.07, 6.45) is 3.79. The molecule has 51 heavy (non-hydrogen) atoms. The van der Waals surface area contributed by atoms with Gasteiger partial charge in [0.05, 0.1) is 17.8 Å². The van der Waals surface area contributed by atoms with Crippen molar-refractivity contribution in [3.63, 3.8) is 0 Å². The van der Waals surface area contributed by atoms with Gasteiger partial charge >= 0.3 is 0 Å². The Labute approximate surface area is 294 Å². The number of nitrogens with zero attached hydrogens (tertiary/aromatic N) is 4. The van der Waals surface area contributed by atoms with Gasteiger partial charge in [-0.1, -0.05) is 51.1 Å². The highest BCUT2D eigenvalue weighted by Gasteiger charge is 2.38. The number of amides is 5. The normalized spacial score (nSPS) is 14.1. The van der Waals surface area contributed by atoms with E-state index in [1.807, 2.05) is 51.1 Å². The zero-order valence-corrected chi connectivity index (χ0v) is 28.8. The molecule has 2 heterocycles. The van der Waals surface area contributed by atoms with Crippen molar-refractivity contribution in [1.82, 2.24) is 30.0 Å². The fourth-order valence-corrected chi connectivity index (χ4v) is 5.75.